The standard InChI is InChI=1S/C21H26N4O3/c1-14(2)11-20(27)24-16-7-9-17(10-8-16)25-21(28)13-22-18-5-4-6-19(12-18)23-15(3)26/h4-10,12,14,22H,11,13H2,1-3H3,(H,23,26)(H,24,27)(H,25,28). The first-order valence-electron chi connectivity index (χ1n) is 9.13. The first-order valence-corrected chi connectivity index (χ1v) is 9.13. The summed E-state index contributed by atoms with van der Waals surface area (Å²) < 4.78 is 0. The van der Waals surface area contributed by atoms with Gasteiger partial charge in [0.2, 0.25) is 17.7 Å². The van der Waals surface area contributed by atoms with E-state index in [1.165, 1.54) is 6.92 Å². The van der Waals surface area contributed by atoms with Crippen LogP contribution >= 0.6 is 0 Å². The summed E-state index contributed by atoms with van der Waals surface area (Å²) in [6.45, 7) is 5.50. The van der Waals surface area contributed by atoms with Crippen molar-refractivity contribution in [3.05, 3.63) is 48.5 Å². The number of carbonyl (C=O) groups excluding carboxylic acids is 3. The Morgan fingerprint density at radius 3 is 1.93 bits per heavy atom. The summed E-state index contributed by atoms with van der Waals surface area (Å²) in [6.07, 6.45) is 0.466. The molecule has 0 atom stereocenters. The summed E-state index contributed by atoms with van der Waals surface area (Å²) in [4.78, 5) is 35.0. The molecule has 0 aromatic heterocycles. The van der Waals surface area contributed by atoms with Crippen LogP contribution in [0.15, 0.2) is 48.5 Å². The third kappa shape index (κ3) is 7.49. The summed E-state index contributed by atoms with van der Waals surface area (Å²) >= 11 is 0. The summed E-state index contributed by atoms with van der Waals surface area (Å²) in [6, 6.07) is 14.1. The van der Waals surface area contributed by atoms with Crippen LogP contribution in [0.2, 0.25) is 0 Å². The van der Waals surface area contributed by atoms with Crippen LogP contribution in [0.5, 0.6) is 0 Å². The second-order valence-electron chi connectivity index (χ2n) is 6.89. The molecule has 2 aromatic rings. The van der Waals surface area contributed by atoms with Crippen molar-refractivity contribution < 1.29 is 14.4 Å². The lowest BCUT2D eigenvalue weighted by Gasteiger charge is -2.10. The van der Waals surface area contributed by atoms with Crippen LogP contribution in [0, 0.1) is 5.92 Å². The molecule has 0 aliphatic carbocycles. The third-order valence-corrected chi connectivity index (χ3v) is 3.68. The van der Waals surface area contributed by atoms with E-state index in [4.69, 9.17) is 0 Å². The Bertz CT molecular complexity index is 832. The zero-order chi connectivity index (χ0) is 20.5. The van der Waals surface area contributed by atoms with Gasteiger partial charge in [-0.15, -0.1) is 0 Å². The second kappa shape index (κ2) is 10.1. The van der Waals surface area contributed by atoms with E-state index < -0.39 is 0 Å². The van der Waals surface area contributed by atoms with E-state index in [0.717, 1.165) is 5.69 Å². The molecule has 4 N–H and O–H groups in total. The number of anilines is 4. The normalized spacial score (nSPS) is 10.3. The number of hydrogen-bond acceptors (Lipinski definition) is 4. The van der Waals surface area contributed by atoms with E-state index in [0.29, 0.717) is 29.4 Å². The molecule has 0 fully saturated rings. The molecule has 0 bridgehead atoms. The van der Waals surface area contributed by atoms with Crippen molar-refractivity contribution >= 4 is 40.5 Å². The van der Waals surface area contributed by atoms with Crippen LogP contribution in [0.3, 0.4) is 0 Å². The first-order chi connectivity index (χ1) is 13.3. The Morgan fingerprint density at radius 2 is 1.36 bits per heavy atom. The highest BCUT2D eigenvalue weighted by Gasteiger charge is 2.06. The minimum Gasteiger partial charge on any atom is -0.376 e. The average Bonchev–Trinajstić information content (AvgIpc) is 2.61. The smallest absolute Gasteiger partial charge is 0.243 e. The van der Waals surface area contributed by atoms with Gasteiger partial charge in [-0.25, -0.2) is 0 Å². The molecule has 2 aromatic carbocycles. The van der Waals surface area contributed by atoms with Crippen LogP contribution in [0.25, 0.3) is 0 Å². The number of hydrogen-bond donors (Lipinski definition) is 4. The Morgan fingerprint density at radius 1 is 0.786 bits per heavy atom. The van der Waals surface area contributed by atoms with Crippen molar-refractivity contribution in [1.29, 1.82) is 0 Å². The molecule has 0 aliphatic rings. The van der Waals surface area contributed by atoms with Crippen molar-refractivity contribution in [1.82, 2.24) is 0 Å². The van der Waals surface area contributed by atoms with Gasteiger partial charge in [-0.3, -0.25) is 14.4 Å². The van der Waals surface area contributed by atoms with Gasteiger partial charge in [-0.05, 0) is 48.4 Å². The number of rotatable bonds is 8. The lowest BCUT2D eigenvalue weighted by molar-refractivity contribution is -0.117. The van der Waals surface area contributed by atoms with E-state index in [1.807, 2.05) is 19.9 Å². The van der Waals surface area contributed by atoms with Gasteiger partial charge in [0.25, 0.3) is 0 Å². The number of nitrogens with one attached hydrogen (secondary N) is 4. The van der Waals surface area contributed by atoms with Crippen molar-refractivity contribution in [2.75, 3.05) is 27.8 Å². The lowest BCUT2D eigenvalue weighted by Crippen LogP contribution is -2.21. The highest BCUT2D eigenvalue weighted by molar-refractivity contribution is 5.95. The molecule has 148 valence electrons. The lowest BCUT2D eigenvalue weighted by atomic mass is 10.1. The fourth-order valence-corrected chi connectivity index (χ4v) is 2.52. The molecular weight excluding hydrogens is 356 g/mol. The molecule has 0 saturated carbocycles. The Labute approximate surface area is 164 Å². The SMILES string of the molecule is CC(=O)Nc1cccc(NCC(=O)Nc2ccc(NC(=O)CC(C)C)cc2)c1. The van der Waals surface area contributed by atoms with Crippen LogP contribution in [-0.2, 0) is 14.4 Å². The fraction of sp³-hybridized carbons (Fsp3) is 0.286. The molecule has 28 heavy (non-hydrogen) atoms. The zero-order valence-electron chi connectivity index (χ0n) is 16.3. The summed E-state index contributed by atoms with van der Waals surface area (Å²) in [5, 5.41) is 11.3. The third-order valence-electron chi connectivity index (χ3n) is 3.68. The highest BCUT2D eigenvalue weighted by atomic mass is 16.2. The fourth-order valence-electron chi connectivity index (χ4n) is 2.52. The maximum atomic E-state index is 12.1. The summed E-state index contributed by atoms with van der Waals surface area (Å²) in [7, 11) is 0. The summed E-state index contributed by atoms with van der Waals surface area (Å²) in [5.41, 5.74) is 2.72. The minimum atomic E-state index is -0.207. The van der Waals surface area contributed by atoms with Crippen LogP contribution in [0.4, 0.5) is 22.7 Å². The van der Waals surface area contributed by atoms with E-state index in [-0.39, 0.29) is 24.3 Å². The molecule has 0 unspecified atom stereocenters. The van der Waals surface area contributed by atoms with E-state index in [9.17, 15) is 14.4 Å². The monoisotopic (exact) mass is 382 g/mol. The van der Waals surface area contributed by atoms with Gasteiger partial charge in [-0.2, -0.15) is 0 Å². The van der Waals surface area contributed by atoms with E-state index in [1.54, 1.807) is 42.5 Å². The van der Waals surface area contributed by atoms with Gasteiger partial charge in [0, 0.05) is 36.1 Å². The zero-order valence-corrected chi connectivity index (χ0v) is 16.3. The van der Waals surface area contributed by atoms with Crippen LogP contribution < -0.4 is 21.3 Å². The predicted molar refractivity (Wildman–Crippen MR) is 112 cm³/mol. The Balaban J connectivity index is 1.83. The highest BCUT2D eigenvalue weighted by Crippen LogP contribution is 2.16. The molecule has 0 aliphatic heterocycles. The molecule has 0 radical (unpaired) electrons. The average molecular weight is 382 g/mol. The van der Waals surface area contributed by atoms with Crippen LogP contribution in [-0.4, -0.2) is 24.3 Å². The molecule has 0 spiro atoms. The molecule has 7 nitrogen and oxygen atoms in total. The first kappa shape index (κ1) is 21.0. The van der Waals surface area contributed by atoms with Gasteiger partial charge in [0.15, 0.2) is 0 Å². The predicted octanol–water partition coefficient (Wildman–Crippen LogP) is 3.68. The number of amides is 3. The summed E-state index contributed by atoms with van der Waals surface area (Å²) in [5.74, 6) is -0.0947. The van der Waals surface area contributed by atoms with Gasteiger partial charge in [0.05, 0.1) is 6.54 Å². The molecule has 3 amide bonds. The van der Waals surface area contributed by atoms with Gasteiger partial charge < -0.3 is 21.3 Å². The maximum Gasteiger partial charge on any atom is 0.243 e. The van der Waals surface area contributed by atoms with Crippen molar-refractivity contribution in [3.8, 4) is 0 Å². The molecule has 0 saturated heterocycles. The minimum absolute atomic E-state index is 0.0301. The molecule has 2 rings (SSSR count). The van der Waals surface area contributed by atoms with Crippen molar-refractivity contribution in [3.63, 3.8) is 0 Å². The second-order valence-corrected chi connectivity index (χ2v) is 6.89. The molecular formula is C21H26N4O3. The number of carbonyl (C=O) groups is 3. The van der Waals surface area contributed by atoms with Crippen LogP contribution in [0.1, 0.15) is 27.2 Å². The quantitative estimate of drug-likeness (QED) is 0.560. The maximum absolute atomic E-state index is 12.1. The molecule has 0 heterocycles. The van der Waals surface area contributed by atoms with E-state index in [2.05, 4.69) is 21.3 Å². The van der Waals surface area contributed by atoms with Gasteiger partial charge >= 0.3 is 0 Å². The van der Waals surface area contributed by atoms with Gasteiger partial charge in [-0.1, -0.05) is 19.9 Å². The molecule has 7 heteroatoms. The van der Waals surface area contributed by atoms with E-state index >= 15 is 0 Å². The topological polar surface area (TPSA) is 99.3 Å². The van der Waals surface area contributed by atoms with Crippen molar-refractivity contribution in [2.45, 2.75) is 27.2 Å². The Hall–Kier alpha value is -3.35. The number of benzene rings is 2. The largest absolute Gasteiger partial charge is 0.376 e. The van der Waals surface area contributed by atoms with Crippen molar-refractivity contribution in [2.24, 2.45) is 5.92 Å². The Kier molecular flexibility index (Phi) is 7.56. The van der Waals surface area contributed by atoms with Gasteiger partial charge in [0.1, 0.15) is 0 Å².